The minimum atomic E-state index is -0.957. The van der Waals surface area contributed by atoms with E-state index in [0.717, 1.165) is 0 Å². The largest absolute Gasteiger partial charge is 0.485 e. The first-order valence-electron chi connectivity index (χ1n) is 6.99. The highest BCUT2D eigenvalue weighted by molar-refractivity contribution is 5.78. The molecule has 1 aliphatic rings. The molecule has 8 nitrogen and oxygen atoms in total. The molecule has 1 amide bonds. The second-order valence-electron chi connectivity index (χ2n) is 5.64. The van der Waals surface area contributed by atoms with Crippen molar-refractivity contribution in [2.45, 2.75) is 38.5 Å². The first kappa shape index (κ1) is 14.6. The lowest BCUT2D eigenvalue weighted by molar-refractivity contribution is -0.0634. The highest BCUT2D eigenvalue weighted by atomic mass is 16.6. The van der Waals surface area contributed by atoms with Crippen LogP contribution in [0.4, 0.5) is 4.79 Å². The molecular weight excluding hydrogens is 290 g/mol. The molecule has 2 N–H and O–H groups in total. The molecule has 0 saturated carbocycles. The number of nitrogens with one attached hydrogen (secondary N) is 1. The maximum Gasteiger partial charge on any atom is 0.407 e. The topological polar surface area (TPSA) is 107 Å². The molecule has 0 bridgehead atoms. The van der Waals surface area contributed by atoms with Crippen LogP contribution in [0.5, 0.6) is 5.75 Å². The van der Waals surface area contributed by atoms with Gasteiger partial charge in [0.15, 0.2) is 0 Å². The third-order valence-electron chi connectivity index (χ3n) is 3.67. The zero-order valence-electron chi connectivity index (χ0n) is 12.5. The fraction of sp³-hybridized carbons (Fsp3) is 0.500. The number of aliphatic hydroxyl groups excluding tert-OH is 1. The minimum Gasteiger partial charge on any atom is -0.485 e. The zero-order valence-corrected chi connectivity index (χ0v) is 12.5. The van der Waals surface area contributed by atoms with Gasteiger partial charge in [-0.15, -0.1) is 0 Å². The third kappa shape index (κ3) is 2.35. The van der Waals surface area contributed by atoms with Crippen molar-refractivity contribution in [3.05, 3.63) is 17.7 Å². The average molecular weight is 307 g/mol. The highest BCUT2D eigenvalue weighted by Crippen LogP contribution is 2.41. The molecule has 2 atom stereocenters. The molecule has 1 aliphatic heterocycles. The summed E-state index contributed by atoms with van der Waals surface area (Å²) in [5.74, 6) is 0.514. The monoisotopic (exact) mass is 307 g/mol. The van der Waals surface area contributed by atoms with Gasteiger partial charge in [-0.05, 0) is 37.2 Å². The summed E-state index contributed by atoms with van der Waals surface area (Å²) >= 11 is 0. The summed E-state index contributed by atoms with van der Waals surface area (Å²) in [6.07, 6.45) is -1.56. The van der Waals surface area contributed by atoms with Gasteiger partial charge in [0, 0.05) is 11.6 Å². The molecule has 1 aromatic carbocycles. The number of carbonyl (C=O) groups is 1. The predicted octanol–water partition coefficient (Wildman–Crippen LogP) is 1.54. The van der Waals surface area contributed by atoms with E-state index < -0.39 is 23.8 Å². The van der Waals surface area contributed by atoms with E-state index in [2.05, 4.69) is 20.3 Å². The molecule has 2 aromatic rings. The van der Waals surface area contributed by atoms with Crippen LogP contribution in [0.3, 0.4) is 0 Å². The number of rotatable bonds is 2. The SMILES string of the molecule is CCOC(=O)NC1c2cc3nonc3cc2OC(C)(C)C1O. The molecular formula is C14H17N3O5. The van der Waals surface area contributed by atoms with Gasteiger partial charge < -0.3 is 19.9 Å². The molecule has 118 valence electrons. The van der Waals surface area contributed by atoms with Crippen molar-refractivity contribution in [3.8, 4) is 5.75 Å². The number of aromatic nitrogens is 2. The van der Waals surface area contributed by atoms with Crippen molar-refractivity contribution in [2.75, 3.05) is 6.61 Å². The van der Waals surface area contributed by atoms with Crippen LogP contribution < -0.4 is 10.1 Å². The van der Waals surface area contributed by atoms with Gasteiger partial charge in [0.1, 0.15) is 28.5 Å². The van der Waals surface area contributed by atoms with Crippen LogP contribution in [0.15, 0.2) is 16.8 Å². The molecule has 3 rings (SSSR count). The van der Waals surface area contributed by atoms with Gasteiger partial charge in [-0.2, -0.15) is 0 Å². The van der Waals surface area contributed by atoms with Crippen molar-refractivity contribution >= 4 is 17.1 Å². The van der Waals surface area contributed by atoms with Crippen LogP contribution in [0, 0.1) is 0 Å². The lowest BCUT2D eigenvalue weighted by Gasteiger charge is -2.41. The van der Waals surface area contributed by atoms with Gasteiger partial charge in [-0.3, -0.25) is 0 Å². The number of aliphatic hydroxyl groups is 1. The van der Waals surface area contributed by atoms with Gasteiger partial charge in [-0.1, -0.05) is 0 Å². The molecule has 0 fully saturated rings. The maximum absolute atomic E-state index is 11.8. The number of alkyl carbamates (subject to hydrolysis) is 1. The summed E-state index contributed by atoms with van der Waals surface area (Å²) in [7, 11) is 0. The average Bonchev–Trinajstić information content (AvgIpc) is 2.89. The first-order chi connectivity index (χ1) is 10.4. The highest BCUT2D eigenvalue weighted by Gasteiger charge is 2.44. The molecule has 22 heavy (non-hydrogen) atoms. The van der Waals surface area contributed by atoms with Crippen LogP contribution in [-0.4, -0.2) is 39.8 Å². The Morgan fingerprint density at radius 2 is 2.09 bits per heavy atom. The van der Waals surface area contributed by atoms with Crippen molar-refractivity contribution in [1.82, 2.24) is 15.6 Å². The molecule has 8 heteroatoms. The third-order valence-corrected chi connectivity index (χ3v) is 3.67. The molecule has 1 aromatic heterocycles. The number of hydrogen-bond acceptors (Lipinski definition) is 7. The van der Waals surface area contributed by atoms with E-state index >= 15 is 0 Å². The molecule has 2 heterocycles. The summed E-state index contributed by atoms with van der Waals surface area (Å²) in [5.41, 5.74) is 0.774. The predicted molar refractivity (Wildman–Crippen MR) is 75.4 cm³/mol. The minimum absolute atomic E-state index is 0.244. The van der Waals surface area contributed by atoms with Crippen LogP contribution >= 0.6 is 0 Å². The number of fused-ring (bicyclic) bond motifs is 2. The summed E-state index contributed by atoms with van der Waals surface area (Å²) < 4.78 is 15.4. The van der Waals surface area contributed by atoms with E-state index in [1.807, 2.05) is 0 Å². The quantitative estimate of drug-likeness (QED) is 0.866. The summed E-state index contributed by atoms with van der Waals surface area (Å²) in [4.78, 5) is 11.8. The Morgan fingerprint density at radius 1 is 1.41 bits per heavy atom. The van der Waals surface area contributed by atoms with Crippen LogP contribution in [-0.2, 0) is 4.74 Å². The van der Waals surface area contributed by atoms with Gasteiger partial charge in [0.05, 0.1) is 12.6 Å². The number of benzene rings is 1. The molecule has 0 saturated heterocycles. The second-order valence-corrected chi connectivity index (χ2v) is 5.64. The van der Waals surface area contributed by atoms with Crippen molar-refractivity contribution < 1.29 is 24.0 Å². The Hall–Kier alpha value is -2.35. The molecule has 0 spiro atoms. The standard InChI is InChI=1S/C14H17N3O5/c1-4-20-13(19)15-11-7-5-8-9(17-22-16-8)6-10(7)21-14(2,3)12(11)18/h5-6,11-12,18H,4H2,1-3H3,(H,15,19). The molecule has 0 radical (unpaired) electrons. The smallest absolute Gasteiger partial charge is 0.407 e. The first-order valence-corrected chi connectivity index (χ1v) is 6.99. The normalized spacial score (nSPS) is 22.7. The maximum atomic E-state index is 11.8. The second kappa shape index (κ2) is 5.13. The van der Waals surface area contributed by atoms with E-state index in [4.69, 9.17) is 9.47 Å². The Labute approximate surface area is 126 Å². The van der Waals surface area contributed by atoms with E-state index in [-0.39, 0.29) is 6.61 Å². The zero-order chi connectivity index (χ0) is 15.9. The van der Waals surface area contributed by atoms with E-state index in [1.165, 1.54) is 0 Å². The van der Waals surface area contributed by atoms with E-state index in [9.17, 15) is 9.90 Å². The van der Waals surface area contributed by atoms with E-state index in [1.54, 1.807) is 32.9 Å². The summed E-state index contributed by atoms with van der Waals surface area (Å²) in [6.45, 7) is 5.44. The summed E-state index contributed by atoms with van der Waals surface area (Å²) in [5, 5.41) is 20.7. The molecule has 2 unspecified atom stereocenters. The van der Waals surface area contributed by atoms with Crippen LogP contribution in [0.1, 0.15) is 32.4 Å². The van der Waals surface area contributed by atoms with Gasteiger partial charge >= 0.3 is 6.09 Å². The number of nitrogens with zero attached hydrogens (tertiary/aromatic N) is 2. The van der Waals surface area contributed by atoms with Gasteiger partial charge in [0.2, 0.25) is 0 Å². The molecule has 0 aliphatic carbocycles. The Bertz CT molecular complexity index is 712. The Kier molecular flexibility index (Phi) is 3.40. The lowest BCUT2D eigenvalue weighted by atomic mass is 9.86. The number of carbonyl (C=O) groups excluding carboxylic acids is 1. The summed E-state index contributed by atoms with van der Waals surface area (Å²) in [6, 6.07) is 2.67. The number of amides is 1. The van der Waals surface area contributed by atoms with Gasteiger partial charge in [-0.25, -0.2) is 9.42 Å². The number of ether oxygens (including phenoxy) is 2. The Balaban J connectivity index is 2.05. The lowest BCUT2D eigenvalue weighted by Crippen LogP contribution is -2.53. The Morgan fingerprint density at radius 3 is 2.77 bits per heavy atom. The fourth-order valence-electron chi connectivity index (χ4n) is 2.53. The van der Waals surface area contributed by atoms with Crippen molar-refractivity contribution in [1.29, 1.82) is 0 Å². The van der Waals surface area contributed by atoms with Gasteiger partial charge in [0.25, 0.3) is 0 Å². The van der Waals surface area contributed by atoms with E-state index in [0.29, 0.717) is 22.3 Å². The van der Waals surface area contributed by atoms with Crippen molar-refractivity contribution in [2.24, 2.45) is 0 Å². The fourth-order valence-corrected chi connectivity index (χ4v) is 2.53. The van der Waals surface area contributed by atoms with Crippen molar-refractivity contribution in [3.63, 3.8) is 0 Å². The van der Waals surface area contributed by atoms with Crippen LogP contribution in [0.2, 0.25) is 0 Å². The number of hydrogen-bond donors (Lipinski definition) is 2. The van der Waals surface area contributed by atoms with Crippen LogP contribution in [0.25, 0.3) is 11.0 Å².